The van der Waals surface area contributed by atoms with Crippen LogP contribution in [0.3, 0.4) is 0 Å². The Hall–Kier alpha value is -3.09. The van der Waals surface area contributed by atoms with Crippen LogP contribution in [0.4, 0.5) is 11.4 Å². The standard InChI is InChI=1S/C16H16N2O5/c1-22-12-8-6-11(7-9-12)10-17-15-13(16(19)23-2)4-3-5-14(15)18(20)21/h3-9,17H,10H2,1-2H3. The van der Waals surface area contributed by atoms with E-state index >= 15 is 0 Å². The second-order valence-electron chi connectivity index (χ2n) is 4.65. The summed E-state index contributed by atoms with van der Waals surface area (Å²) in [4.78, 5) is 22.4. The number of esters is 1. The van der Waals surface area contributed by atoms with Crippen LogP contribution in [0.1, 0.15) is 15.9 Å². The number of carbonyl (C=O) groups excluding carboxylic acids is 1. The Morgan fingerprint density at radius 3 is 2.43 bits per heavy atom. The molecule has 2 aromatic rings. The Morgan fingerprint density at radius 1 is 1.17 bits per heavy atom. The molecule has 2 rings (SSSR count). The molecule has 0 aliphatic rings. The number of para-hydroxylation sites is 1. The Balaban J connectivity index is 2.29. The number of benzene rings is 2. The molecule has 0 atom stereocenters. The van der Waals surface area contributed by atoms with Gasteiger partial charge >= 0.3 is 5.97 Å². The van der Waals surface area contributed by atoms with E-state index in [1.165, 1.54) is 25.3 Å². The summed E-state index contributed by atoms with van der Waals surface area (Å²) >= 11 is 0. The molecule has 0 bridgehead atoms. The predicted octanol–water partition coefficient (Wildman–Crippen LogP) is 3.00. The topological polar surface area (TPSA) is 90.7 Å². The fourth-order valence-corrected chi connectivity index (χ4v) is 2.09. The number of methoxy groups -OCH3 is 2. The number of nitro groups is 1. The molecule has 0 aliphatic heterocycles. The van der Waals surface area contributed by atoms with Crippen LogP contribution < -0.4 is 10.1 Å². The van der Waals surface area contributed by atoms with Crippen LogP contribution in [0.15, 0.2) is 42.5 Å². The number of hydrogen-bond acceptors (Lipinski definition) is 6. The minimum absolute atomic E-state index is 0.121. The normalized spacial score (nSPS) is 10.0. The van der Waals surface area contributed by atoms with Crippen molar-refractivity contribution >= 4 is 17.3 Å². The van der Waals surface area contributed by atoms with Crippen LogP contribution in [-0.2, 0) is 11.3 Å². The average molecular weight is 316 g/mol. The van der Waals surface area contributed by atoms with Crippen LogP contribution in [0.25, 0.3) is 0 Å². The van der Waals surface area contributed by atoms with E-state index in [9.17, 15) is 14.9 Å². The molecule has 0 unspecified atom stereocenters. The van der Waals surface area contributed by atoms with E-state index in [1.54, 1.807) is 19.2 Å². The van der Waals surface area contributed by atoms with E-state index in [0.29, 0.717) is 6.54 Å². The lowest BCUT2D eigenvalue weighted by atomic mass is 10.1. The van der Waals surface area contributed by atoms with Gasteiger partial charge in [0.15, 0.2) is 0 Å². The number of rotatable bonds is 6. The Labute approximate surface area is 133 Å². The van der Waals surface area contributed by atoms with Crippen LogP contribution in [0.2, 0.25) is 0 Å². The van der Waals surface area contributed by atoms with Crippen molar-refractivity contribution in [3.05, 3.63) is 63.7 Å². The molecule has 0 aromatic heterocycles. The molecule has 0 spiro atoms. The first-order chi connectivity index (χ1) is 11.1. The van der Waals surface area contributed by atoms with Gasteiger partial charge in [-0.2, -0.15) is 0 Å². The zero-order valence-corrected chi connectivity index (χ0v) is 12.7. The second-order valence-corrected chi connectivity index (χ2v) is 4.65. The first-order valence-electron chi connectivity index (χ1n) is 6.79. The number of nitro benzene ring substituents is 1. The number of nitrogens with one attached hydrogen (secondary N) is 1. The molecular weight excluding hydrogens is 300 g/mol. The Kier molecular flexibility index (Phi) is 5.14. The molecule has 2 aromatic carbocycles. The first kappa shape index (κ1) is 16.3. The van der Waals surface area contributed by atoms with Crippen molar-refractivity contribution in [2.75, 3.05) is 19.5 Å². The number of carbonyl (C=O) groups is 1. The van der Waals surface area contributed by atoms with Crippen LogP contribution >= 0.6 is 0 Å². The molecule has 0 saturated carbocycles. The van der Waals surface area contributed by atoms with Gasteiger partial charge in [-0.25, -0.2) is 4.79 Å². The van der Waals surface area contributed by atoms with Crippen molar-refractivity contribution in [2.45, 2.75) is 6.54 Å². The summed E-state index contributed by atoms with van der Waals surface area (Å²) in [6, 6.07) is 11.5. The lowest BCUT2D eigenvalue weighted by Crippen LogP contribution is -2.10. The second kappa shape index (κ2) is 7.26. The Morgan fingerprint density at radius 2 is 1.87 bits per heavy atom. The number of nitrogens with zero attached hydrogens (tertiary/aromatic N) is 1. The van der Waals surface area contributed by atoms with Gasteiger partial charge in [0, 0.05) is 12.6 Å². The van der Waals surface area contributed by atoms with E-state index in [0.717, 1.165) is 11.3 Å². The summed E-state index contributed by atoms with van der Waals surface area (Å²) in [7, 11) is 2.80. The van der Waals surface area contributed by atoms with Crippen molar-refractivity contribution in [1.82, 2.24) is 0 Å². The molecule has 120 valence electrons. The highest BCUT2D eigenvalue weighted by Crippen LogP contribution is 2.29. The molecule has 7 heteroatoms. The summed E-state index contributed by atoms with van der Waals surface area (Å²) in [5.74, 6) is 0.0839. The van der Waals surface area contributed by atoms with Gasteiger partial charge in [-0.1, -0.05) is 18.2 Å². The molecule has 0 amide bonds. The fraction of sp³-hybridized carbons (Fsp3) is 0.188. The van der Waals surface area contributed by atoms with Crippen LogP contribution in [-0.4, -0.2) is 25.1 Å². The number of hydrogen-bond donors (Lipinski definition) is 1. The van der Waals surface area contributed by atoms with E-state index in [1.807, 2.05) is 12.1 Å². The maximum atomic E-state index is 11.8. The highest BCUT2D eigenvalue weighted by Gasteiger charge is 2.21. The molecule has 1 N–H and O–H groups in total. The van der Waals surface area contributed by atoms with Crippen molar-refractivity contribution < 1.29 is 19.2 Å². The number of ether oxygens (including phenoxy) is 2. The predicted molar refractivity (Wildman–Crippen MR) is 84.8 cm³/mol. The summed E-state index contributed by atoms with van der Waals surface area (Å²) in [6.45, 7) is 0.318. The number of anilines is 1. The third-order valence-corrected chi connectivity index (χ3v) is 3.27. The maximum Gasteiger partial charge on any atom is 0.340 e. The smallest absolute Gasteiger partial charge is 0.340 e. The third-order valence-electron chi connectivity index (χ3n) is 3.27. The van der Waals surface area contributed by atoms with Crippen molar-refractivity contribution in [3.8, 4) is 5.75 Å². The summed E-state index contributed by atoms with van der Waals surface area (Å²) < 4.78 is 9.75. The summed E-state index contributed by atoms with van der Waals surface area (Å²) in [5, 5.41) is 14.1. The van der Waals surface area contributed by atoms with E-state index in [-0.39, 0.29) is 16.9 Å². The lowest BCUT2D eigenvalue weighted by molar-refractivity contribution is -0.384. The van der Waals surface area contributed by atoms with E-state index in [4.69, 9.17) is 4.74 Å². The van der Waals surface area contributed by atoms with Gasteiger partial charge in [0.25, 0.3) is 5.69 Å². The van der Waals surface area contributed by atoms with Crippen molar-refractivity contribution in [3.63, 3.8) is 0 Å². The molecule has 0 radical (unpaired) electrons. The summed E-state index contributed by atoms with van der Waals surface area (Å²) in [6.07, 6.45) is 0. The molecule has 7 nitrogen and oxygen atoms in total. The largest absolute Gasteiger partial charge is 0.497 e. The minimum atomic E-state index is -0.633. The van der Waals surface area contributed by atoms with Gasteiger partial charge < -0.3 is 14.8 Å². The lowest BCUT2D eigenvalue weighted by Gasteiger charge is -2.11. The molecule has 23 heavy (non-hydrogen) atoms. The minimum Gasteiger partial charge on any atom is -0.497 e. The van der Waals surface area contributed by atoms with Gasteiger partial charge in [0.2, 0.25) is 0 Å². The van der Waals surface area contributed by atoms with Crippen molar-refractivity contribution in [1.29, 1.82) is 0 Å². The summed E-state index contributed by atoms with van der Waals surface area (Å²) in [5.41, 5.74) is 0.969. The van der Waals surface area contributed by atoms with E-state index < -0.39 is 10.9 Å². The van der Waals surface area contributed by atoms with Gasteiger partial charge in [-0.05, 0) is 23.8 Å². The van der Waals surface area contributed by atoms with Gasteiger partial charge in [-0.15, -0.1) is 0 Å². The average Bonchev–Trinajstić information content (AvgIpc) is 2.59. The quantitative estimate of drug-likeness (QED) is 0.500. The highest BCUT2D eigenvalue weighted by atomic mass is 16.6. The first-order valence-corrected chi connectivity index (χ1v) is 6.79. The maximum absolute atomic E-state index is 11.8. The van der Waals surface area contributed by atoms with Crippen molar-refractivity contribution in [2.24, 2.45) is 0 Å². The zero-order valence-electron chi connectivity index (χ0n) is 12.7. The van der Waals surface area contributed by atoms with Gasteiger partial charge in [-0.3, -0.25) is 10.1 Å². The van der Waals surface area contributed by atoms with E-state index in [2.05, 4.69) is 10.1 Å². The SMILES string of the molecule is COC(=O)c1cccc([N+](=O)[O-])c1NCc1ccc(OC)cc1. The molecular formula is C16H16N2O5. The molecule has 0 saturated heterocycles. The third kappa shape index (κ3) is 3.76. The van der Waals surface area contributed by atoms with Gasteiger partial charge in [0.1, 0.15) is 11.4 Å². The fourth-order valence-electron chi connectivity index (χ4n) is 2.09. The molecule has 0 aliphatic carbocycles. The van der Waals surface area contributed by atoms with Gasteiger partial charge in [0.05, 0.1) is 24.7 Å². The highest BCUT2D eigenvalue weighted by molar-refractivity contribution is 5.98. The van der Waals surface area contributed by atoms with Crippen LogP contribution in [0.5, 0.6) is 5.75 Å². The van der Waals surface area contributed by atoms with Crippen LogP contribution in [0, 0.1) is 10.1 Å². The monoisotopic (exact) mass is 316 g/mol. The zero-order chi connectivity index (χ0) is 16.8. The molecule has 0 heterocycles. The Bertz CT molecular complexity index is 713. The molecule has 0 fully saturated rings.